The molecule has 0 N–H and O–H groups in total. The second-order valence-corrected chi connectivity index (χ2v) is 10.8. The first kappa shape index (κ1) is 29.1. The standard InChI is InChI=1S/C31H36B2F4/c1-9-11-31(32,12-10-2)23-27(34)29(36)26(30(37)28(23)35)33(24-19(5)13-17(3)14-20(24)6)25-21(7)15-18(4)16-22(25)8/h13-16H,9-12H2,1-8H3. The molecule has 3 aromatic rings. The van der Waals surface area contributed by atoms with Gasteiger partial charge in [0.15, 0.2) is 23.3 Å². The summed E-state index contributed by atoms with van der Waals surface area (Å²) in [5.74, 6) is -5.54. The van der Waals surface area contributed by atoms with Gasteiger partial charge < -0.3 is 0 Å². The third-order valence-corrected chi connectivity index (χ3v) is 7.53. The van der Waals surface area contributed by atoms with Crippen LogP contribution in [0.3, 0.4) is 0 Å². The van der Waals surface area contributed by atoms with Gasteiger partial charge in [0, 0.05) is 11.0 Å². The minimum Gasteiger partial charge on any atom is -0.204 e. The van der Waals surface area contributed by atoms with Crippen molar-refractivity contribution >= 4 is 30.9 Å². The van der Waals surface area contributed by atoms with Crippen LogP contribution in [-0.4, -0.2) is 14.6 Å². The van der Waals surface area contributed by atoms with E-state index in [4.69, 9.17) is 7.85 Å². The Hall–Kier alpha value is -2.49. The predicted octanol–water partition coefficient (Wildman–Crippen LogP) is 6.57. The fourth-order valence-corrected chi connectivity index (χ4v) is 6.33. The molecule has 6 heteroatoms. The average Bonchev–Trinajstić information content (AvgIpc) is 2.76. The van der Waals surface area contributed by atoms with E-state index < -0.39 is 46.3 Å². The van der Waals surface area contributed by atoms with Crippen LogP contribution in [0.15, 0.2) is 24.3 Å². The smallest absolute Gasteiger partial charge is 0.204 e. The van der Waals surface area contributed by atoms with Crippen LogP contribution in [0.1, 0.15) is 78.5 Å². The molecule has 0 nitrogen and oxygen atoms in total. The van der Waals surface area contributed by atoms with E-state index in [-0.39, 0.29) is 12.8 Å². The Kier molecular flexibility index (Phi) is 8.71. The average molecular weight is 506 g/mol. The van der Waals surface area contributed by atoms with Crippen molar-refractivity contribution in [2.75, 3.05) is 0 Å². The second-order valence-electron chi connectivity index (χ2n) is 10.8. The number of rotatable bonds is 8. The van der Waals surface area contributed by atoms with E-state index in [0.717, 1.165) is 33.4 Å². The van der Waals surface area contributed by atoms with E-state index in [1.807, 2.05) is 79.7 Å². The number of halogens is 4. The second kappa shape index (κ2) is 11.1. The van der Waals surface area contributed by atoms with Gasteiger partial charge in [0.25, 0.3) is 6.71 Å². The summed E-state index contributed by atoms with van der Waals surface area (Å²) in [5, 5.41) is -1.50. The molecule has 0 aliphatic carbocycles. The molecule has 0 bridgehead atoms. The van der Waals surface area contributed by atoms with E-state index in [9.17, 15) is 0 Å². The first-order chi connectivity index (χ1) is 17.3. The van der Waals surface area contributed by atoms with Crippen LogP contribution in [0, 0.1) is 64.8 Å². The lowest BCUT2D eigenvalue weighted by Gasteiger charge is -2.33. The minimum absolute atomic E-state index is 0.211. The van der Waals surface area contributed by atoms with Crippen molar-refractivity contribution in [3.63, 3.8) is 0 Å². The highest BCUT2D eigenvalue weighted by Crippen LogP contribution is 2.36. The topological polar surface area (TPSA) is 0 Å². The molecule has 37 heavy (non-hydrogen) atoms. The lowest BCUT2D eigenvalue weighted by molar-refractivity contribution is 0.396. The molecule has 0 fully saturated rings. The highest BCUT2D eigenvalue weighted by atomic mass is 19.2. The van der Waals surface area contributed by atoms with Crippen molar-refractivity contribution in [3.8, 4) is 0 Å². The van der Waals surface area contributed by atoms with Gasteiger partial charge in [0.05, 0.1) is 7.85 Å². The van der Waals surface area contributed by atoms with E-state index in [2.05, 4.69) is 0 Å². The Morgan fingerprint density at radius 2 is 0.919 bits per heavy atom. The maximum atomic E-state index is 16.2. The van der Waals surface area contributed by atoms with Gasteiger partial charge in [0.1, 0.15) is 0 Å². The molecule has 0 aromatic heterocycles. The van der Waals surface area contributed by atoms with E-state index >= 15 is 17.6 Å². The molecule has 0 saturated heterocycles. The Balaban J connectivity index is 2.50. The van der Waals surface area contributed by atoms with Crippen molar-refractivity contribution in [2.24, 2.45) is 0 Å². The maximum absolute atomic E-state index is 16.2. The monoisotopic (exact) mass is 506 g/mol. The minimum atomic E-state index is -1.50. The Labute approximate surface area is 221 Å². The summed E-state index contributed by atoms with van der Waals surface area (Å²) in [4.78, 5) is 0. The SMILES string of the molecule is [B]C(CCC)(CCC)c1c(F)c(F)c(B(c2c(C)cc(C)cc2C)c2c(C)cc(C)cc2C)c(F)c1F. The molecule has 0 atom stereocenters. The van der Waals surface area contributed by atoms with Crippen molar-refractivity contribution in [1.29, 1.82) is 0 Å². The highest BCUT2D eigenvalue weighted by molar-refractivity contribution is 6.96. The van der Waals surface area contributed by atoms with Crippen molar-refractivity contribution < 1.29 is 17.6 Å². The third kappa shape index (κ3) is 5.26. The largest absolute Gasteiger partial charge is 0.250 e. The first-order valence-corrected chi connectivity index (χ1v) is 13.1. The normalized spacial score (nSPS) is 11.8. The molecular formula is C31H36B2F4. The predicted molar refractivity (Wildman–Crippen MR) is 149 cm³/mol. The van der Waals surface area contributed by atoms with Crippen LogP contribution in [-0.2, 0) is 5.31 Å². The van der Waals surface area contributed by atoms with Crippen LogP contribution in [0.5, 0.6) is 0 Å². The van der Waals surface area contributed by atoms with Crippen LogP contribution in [0.25, 0.3) is 0 Å². The molecule has 0 amide bonds. The zero-order valence-electron chi connectivity index (χ0n) is 23.3. The molecule has 0 unspecified atom stereocenters. The fourth-order valence-electron chi connectivity index (χ4n) is 6.33. The molecule has 0 aliphatic heterocycles. The number of aryl methyl sites for hydroxylation is 6. The van der Waals surface area contributed by atoms with Gasteiger partial charge in [0.2, 0.25) is 0 Å². The van der Waals surface area contributed by atoms with Gasteiger partial charge in [-0.2, -0.15) is 0 Å². The summed E-state index contributed by atoms with van der Waals surface area (Å²) < 4.78 is 64.2. The maximum Gasteiger partial charge on any atom is 0.250 e. The lowest BCUT2D eigenvalue weighted by Crippen LogP contribution is -2.58. The number of hydrogen-bond donors (Lipinski definition) is 0. The molecule has 194 valence electrons. The molecular weight excluding hydrogens is 470 g/mol. The summed E-state index contributed by atoms with van der Waals surface area (Å²) in [6, 6.07) is 7.72. The summed E-state index contributed by atoms with van der Waals surface area (Å²) in [7, 11) is 6.44. The lowest BCUT2D eigenvalue weighted by atomic mass is 9.33. The highest BCUT2D eigenvalue weighted by Gasteiger charge is 2.41. The molecule has 0 heterocycles. The van der Waals surface area contributed by atoms with Gasteiger partial charge in [-0.15, -0.1) is 0 Å². The first-order valence-electron chi connectivity index (χ1n) is 13.1. The number of benzene rings is 3. The fraction of sp³-hybridized carbons (Fsp3) is 0.419. The Morgan fingerprint density at radius 3 is 1.22 bits per heavy atom. The molecule has 3 aromatic carbocycles. The van der Waals surface area contributed by atoms with Crippen LogP contribution < -0.4 is 16.4 Å². The molecule has 0 saturated carbocycles. The zero-order chi connectivity index (χ0) is 27.8. The van der Waals surface area contributed by atoms with Crippen LogP contribution in [0.4, 0.5) is 17.6 Å². The van der Waals surface area contributed by atoms with Gasteiger partial charge in [-0.25, -0.2) is 17.6 Å². The quantitative estimate of drug-likeness (QED) is 0.184. The van der Waals surface area contributed by atoms with Crippen LogP contribution in [0.2, 0.25) is 0 Å². The van der Waals surface area contributed by atoms with Gasteiger partial charge >= 0.3 is 0 Å². The van der Waals surface area contributed by atoms with E-state index in [0.29, 0.717) is 23.8 Å². The Bertz CT molecular complexity index is 1190. The summed E-state index contributed by atoms with van der Waals surface area (Å²) in [6.45, 7) is 14.0. The van der Waals surface area contributed by atoms with Crippen molar-refractivity contribution in [1.82, 2.24) is 0 Å². The molecule has 2 radical (unpaired) electrons. The Morgan fingerprint density at radius 1 is 0.595 bits per heavy atom. The van der Waals surface area contributed by atoms with Crippen LogP contribution >= 0.6 is 0 Å². The van der Waals surface area contributed by atoms with Gasteiger partial charge in [-0.1, -0.05) is 108 Å². The summed E-state index contributed by atoms with van der Waals surface area (Å²) >= 11 is 0. The molecule has 3 rings (SSSR count). The van der Waals surface area contributed by atoms with E-state index in [1.54, 1.807) is 0 Å². The summed E-state index contributed by atoms with van der Waals surface area (Å²) in [6.07, 6.45) is 1.46. The van der Waals surface area contributed by atoms with Crippen molar-refractivity contribution in [3.05, 3.63) is 86.5 Å². The third-order valence-electron chi connectivity index (χ3n) is 7.53. The van der Waals surface area contributed by atoms with Gasteiger partial charge in [-0.05, 0) is 46.9 Å². The summed E-state index contributed by atoms with van der Waals surface area (Å²) in [5.41, 5.74) is 5.18. The molecule has 0 spiro atoms. The zero-order valence-corrected chi connectivity index (χ0v) is 23.3. The number of hydrogen-bond acceptors (Lipinski definition) is 0. The molecule has 0 aliphatic rings. The van der Waals surface area contributed by atoms with Gasteiger partial charge in [-0.3, -0.25) is 0 Å². The van der Waals surface area contributed by atoms with E-state index in [1.165, 1.54) is 0 Å². The van der Waals surface area contributed by atoms with Crippen molar-refractivity contribution in [2.45, 2.75) is 86.4 Å².